The number of nitrogens with one attached hydrogen (secondary N) is 2. The van der Waals surface area contributed by atoms with Gasteiger partial charge in [0.25, 0.3) is 0 Å². The van der Waals surface area contributed by atoms with E-state index in [0.29, 0.717) is 17.9 Å². The first-order chi connectivity index (χ1) is 11.5. The number of halogens is 1. The topological polar surface area (TPSA) is 70.6 Å². The Morgan fingerprint density at radius 1 is 1.25 bits per heavy atom. The molecule has 1 atom stereocenters. The Kier molecular flexibility index (Phi) is 6.14. The zero-order valence-corrected chi connectivity index (χ0v) is 13.7. The molecular formula is C18H21FN2O3. The summed E-state index contributed by atoms with van der Waals surface area (Å²) < 4.78 is 19.1. The molecule has 6 heteroatoms. The number of hydrogen-bond donors (Lipinski definition) is 3. The van der Waals surface area contributed by atoms with Gasteiger partial charge in [0.2, 0.25) is 0 Å². The quantitative estimate of drug-likeness (QED) is 0.762. The van der Waals surface area contributed by atoms with Crippen LogP contribution in [0.3, 0.4) is 0 Å². The molecule has 0 saturated heterocycles. The van der Waals surface area contributed by atoms with E-state index in [1.165, 1.54) is 13.2 Å². The fraction of sp³-hybridized carbons (Fsp3) is 0.278. The van der Waals surface area contributed by atoms with E-state index in [2.05, 4.69) is 10.6 Å². The summed E-state index contributed by atoms with van der Waals surface area (Å²) in [4.78, 5) is 12.0. The number of hydrogen-bond acceptors (Lipinski definition) is 3. The van der Waals surface area contributed by atoms with Crippen molar-refractivity contribution in [1.29, 1.82) is 0 Å². The monoisotopic (exact) mass is 332 g/mol. The average Bonchev–Trinajstić information content (AvgIpc) is 2.59. The second-order valence-corrected chi connectivity index (χ2v) is 5.38. The smallest absolute Gasteiger partial charge is 0.315 e. The molecule has 0 heterocycles. The molecular weight excluding hydrogens is 311 g/mol. The molecule has 2 rings (SSSR count). The van der Waals surface area contributed by atoms with Crippen LogP contribution in [0.2, 0.25) is 0 Å². The zero-order chi connectivity index (χ0) is 17.5. The third-order valence-electron chi connectivity index (χ3n) is 3.64. The fourth-order valence-electron chi connectivity index (χ4n) is 2.46. The summed E-state index contributed by atoms with van der Waals surface area (Å²) in [6, 6.07) is 10.8. The molecule has 24 heavy (non-hydrogen) atoms. The largest absolute Gasteiger partial charge is 0.496 e. The highest BCUT2D eigenvalue weighted by molar-refractivity contribution is 5.74. The van der Waals surface area contributed by atoms with Gasteiger partial charge in [-0.05, 0) is 30.2 Å². The summed E-state index contributed by atoms with van der Waals surface area (Å²) in [5, 5.41) is 14.5. The molecule has 1 unspecified atom stereocenters. The van der Waals surface area contributed by atoms with Crippen molar-refractivity contribution in [1.82, 2.24) is 10.6 Å². The predicted molar refractivity (Wildman–Crippen MR) is 89.1 cm³/mol. The molecule has 0 fully saturated rings. The molecule has 0 saturated carbocycles. The number of amides is 2. The number of carbonyl (C=O) groups excluding carboxylic acids is 1. The van der Waals surface area contributed by atoms with Crippen LogP contribution in [0, 0.1) is 5.82 Å². The third-order valence-corrected chi connectivity index (χ3v) is 3.64. The molecule has 2 amide bonds. The minimum Gasteiger partial charge on any atom is -0.496 e. The molecule has 0 spiro atoms. The Labute approximate surface area is 140 Å². The Bertz CT molecular complexity index is 706. The second-order valence-electron chi connectivity index (χ2n) is 5.38. The number of rotatable bonds is 6. The molecule has 0 aliphatic rings. The summed E-state index contributed by atoms with van der Waals surface area (Å²) in [5.74, 6) is -0.0451. The Morgan fingerprint density at radius 2 is 1.96 bits per heavy atom. The summed E-state index contributed by atoms with van der Waals surface area (Å²) in [6.45, 7) is 1.94. The summed E-state index contributed by atoms with van der Waals surface area (Å²) in [7, 11) is 1.46. The predicted octanol–water partition coefficient (Wildman–Crippen LogP) is 2.89. The van der Waals surface area contributed by atoms with Crippen LogP contribution in [-0.2, 0) is 13.2 Å². The van der Waals surface area contributed by atoms with E-state index in [-0.39, 0.29) is 6.61 Å². The van der Waals surface area contributed by atoms with E-state index in [1.54, 1.807) is 25.1 Å². The van der Waals surface area contributed by atoms with Crippen LogP contribution in [0.25, 0.3) is 0 Å². The van der Waals surface area contributed by atoms with Gasteiger partial charge in [-0.1, -0.05) is 30.3 Å². The zero-order valence-electron chi connectivity index (χ0n) is 13.7. The molecule has 3 N–H and O–H groups in total. The molecule has 0 aliphatic heterocycles. The van der Waals surface area contributed by atoms with Crippen LogP contribution in [0.15, 0.2) is 42.5 Å². The number of ether oxygens (including phenoxy) is 1. The van der Waals surface area contributed by atoms with Crippen molar-refractivity contribution in [2.75, 3.05) is 7.11 Å². The lowest BCUT2D eigenvalue weighted by atomic mass is 10.1. The van der Waals surface area contributed by atoms with Crippen molar-refractivity contribution >= 4 is 6.03 Å². The molecule has 0 radical (unpaired) electrons. The maximum atomic E-state index is 14.0. The minimum atomic E-state index is -0.551. The van der Waals surface area contributed by atoms with Gasteiger partial charge in [0, 0.05) is 6.54 Å². The molecule has 0 aromatic heterocycles. The lowest BCUT2D eigenvalue weighted by molar-refractivity contribution is 0.237. The maximum Gasteiger partial charge on any atom is 0.315 e. The molecule has 128 valence electrons. The van der Waals surface area contributed by atoms with E-state index in [1.807, 2.05) is 18.2 Å². The number of urea groups is 1. The maximum absolute atomic E-state index is 14.0. The van der Waals surface area contributed by atoms with Gasteiger partial charge in [0.05, 0.1) is 25.3 Å². The third kappa shape index (κ3) is 4.45. The van der Waals surface area contributed by atoms with Crippen molar-refractivity contribution in [3.8, 4) is 5.75 Å². The number of benzene rings is 2. The van der Waals surface area contributed by atoms with Gasteiger partial charge < -0.3 is 20.5 Å². The van der Waals surface area contributed by atoms with Crippen LogP contribution in [0.4, 0.5) is 9.18 Å². The normalized spacial score (nSPS) is 11.7. The number of methoxy groups -OCH3 is 1. The lowest BCUT2D eigenvalue weighted by Gasteiger charge is -2.18. The van der Waals surface area contributed by atoms with Gasteiger partial charge >= 0.3 is 6.03 Å². The average molecular weight is 332 g/mol. The minimum absolute atomic E-state index is 0.0514. The highest BCUT2D eigenvalue weighted by atomic mass is 19.1. The molecule has 2 aromatic rings. The number of aliphatic hydroxyl groups is 1. The van der Waals surface area contributed by atoms with Crippen molar-refractivity contribution in [2.45, 2.75) is 26.1 Å². The van der Waals surface area contributed by atoms with Crippen molar-refractivity contribution in [3.63, 3.8) is 0 Å². The number of aliphatic hydroxyl groups excluding tert-OH is 1. The van der Waals surface area contributed by atoms with Crippen molar-refractivity contribution in [2.24, 2.45) is 0 Å². The van der Waals surface area contributed by atoms with Crippen LogP contribution in [0.1, 0.15) is 29.7 Å². The molecule has 0 aliphatic carbocycles. The van der Waals surface area contributed by atoms with Gasteiger partial charge in [-0.25, -0.2) is 9.18 Å². The van der Waals surface area contributed by atoms with Crippen LogP contribution >= 0.6 is 0 Å². The van der Waals surface area contributed by atoms with Crippen molar-refractivity contribution in [3.05, 3.63) is 65.0 Å². The van der Waals surface area contributed by atoms with Gasteiger partial charge in [-0.15, -0.1) is 0 Å². The molecule has 5 nitrogen and oxygen atoms in total. The molecule has 2 aromatic carbocycles. The second kappa shape index (κ2) is 8.31. The standard InChI is InChI=1S/C18H21FN2O3/c1-12(17-15(19)7-4-8-16(17)24-2)21-18(23)20-10-13-5-3-6-14(9-13)11-22/h3-9,12,22H,10-11H2,1-2H3,(H2,20,21,23). The first kappa shape index (κ1) is 17.7. The van der Waals surface area contributed by atoms with Gasteiger partial charge in [0.15, 0.2) is 0 Å². The SMILES string of the molecule is COc1cccc(F)c1C(C)NC(=O)NCc1cccc(CO)c1. The van der Waals surface area contributed by atoms with Crippen LogP contribution in [-0.4, -0.2) is 18.2 Å². The van der Waals surface area contributed by atoms with Gasteiger partial charge in [0.1, 0.15) is 11.6 Å². The van der Waals surface area contributed by atoms with Gasteiger partial charge in [-0.2, -0.15) is 0 Å². The van der Waals surface area contributed by atoms with E-state index in [0.717, 1.165) is 11.1 Å². The van der Waals surface area contributed by atoms with Crippen molar-refractivity contribution < 1.29 is 19.0 Å². The van der Waals surface area contributed by atoms with Crippen LogP contribution in [0.5, 0.6) is 5.75 Å². The van der Waals surface area contributed by atoms with Crippen LogP contribution < -0.4 is 15.4 Å². The van der Waals surface area contributed by atoms with Gasteiger partial charge in [-0.3, -0.25) is 0 Å². The Balaban J connectivity index is 1.97. The summed E-state index contributed by atoms with van der Waals surface area (Å²) >= 11 is 0. The lowest BCUT2D eigenvalue weighted by Crippen LogP contribution is -2.37. The molecule has 0 bridgehead atoms. The van der Waals surface area contributed by atoms with E-state index >= 15 is 0 Å². The Hall–Kier alpha value is -2.60. The first-order valence-corrected chi connectivity index (χ1v) is 7.60. The Morgan fingerprint density at radius 3 is 2.67 bits per heavy atom. The highest BCUT2D eigenvalue weighted by Crippen LogP contribution is 2.27. The summed E-state index contributed by atoms with van der Waals surface area (Å²) in [6.07, 6.45) is 0. The highest BCUT2D eigenvalue weighted by Gasteiger charge is 2.18. The number of carbonyl (C=O) groups is 1. The van der Waals surface area contributed by atoms with E-state index < -0.39 is 17.9 Å². The summed E-state index contributed by atoms with van der Waals surface area (Å²) in [5.41, 5.74) is 1.95. The van der Waals surface area contributed by atoms with E-state index in [9.17, 15) is 9.18 Å². The van der Waals surface area contributed by atoms with E-state index in [4.69, 9.17) is 9.84 Å². The first-order valence-electron chi connectivity index (χ1n) is 7.60. The fourth-order valence-corrected chi connectivity index (χ4v) is 2.46.